The summed E-state index contributed by atoms with van der Waals surface area (Å²) >= 11 is 0. The number of anilines is 1. The summed E-state index contributed by atoms with van der Waals surface area (Å²) in [5.74, 6) is 0.134. The second kappa shape index (κ2) is 8.62. The molecule has 2 N–H and O–H groups in total. The van der Waals surface area contributed by atoms with Crippen molar-refractivity contribution in [2.24, 2.45) is 7.05 Å². The van der Waals surface area contributed by atoms with Crippen LogP contribution < -0.4 is 10.6 Å². The molecule has 1 aromatic heterocycles. The van der Waals surface area contributed by atoms with Crippen molar-refractivity contribution in [3.05, 3.63) is 47.7 Å². The fourth-order valence-electron chi connectivity index (χ4n) is 2.91. The normalized spacial score (nSPS) is 16.4. The molecule has 3 rings (SSSR count). The number of ether oxygens (including phenoxy) is 1. The third-order valence-corrected chi connectivity index (χ3v) is 4.38. The number of hydrogen-bond donors (Lipinski definition) is 2. The Morgan fingerprint density at radius 1 is 1.31 bits per heavy atom. The number of rotatable bonds is 7. The van der Waals surface area contributed by atoms with Crippen molar-refractivity contribution in [3.8, 4) is 0 Å². The third-order valence-electron chi connectivity index (χ3n) is 4.38. The lowest BCUT2D eigenvalue weighted by atomic mass is 10.1. The number of nitrogens with zero attached hydrogens (tertiary/aromatic N) is 2. The molecule has 1 unspecified atom stereocenters. The molecule has 1 aliphatic heterocycles. The van der Waals surface area contributed by atoms with Gasteiger partial charge in [0.25, 0.3) is 5.91 Å². The number of nitrogens with one attached hydrogen (secondary N) is 2. The summed E-state index contributed by atoms with van der Waals surface area (Å²) in [5, 5.41) is 9.81. The van der Waals surface area contributed by atoms with E-state index in [4.69, 9.17) is 4.74 Å². The van der Waals surface area contributed by atoms with Crippen molar-refractivity contribution in [2.75, 3.05) is 18.5 Å². The summed E-state index contributed by atoms with van der Waals surface area (Å²) < 4.78 is 6.99. The number of amides is 2. The maximum absolute atomic E-state index is 12.2. The highest BCUT2D eigenvalue weighted by atomic mass is 16.5. The van der Waals surface area contributed by atoms with E-state index in [0.717, 1.165) is 25.0 Å². The van der Waals surface area contributed by atoms with Crippen LogP contribution in [0.25, 0.3) is 0 Å². The SMILES string of the molecule is Cn1nc(C(=O)NCC2CCCO2)cc1NC(=O)CCc1ccccc1. The molecule has 7 heteroatoms. The van der Waals surface area contributed by atoms with Gasteiger partial charge in [0, 0.05) is 32.7 Å². The zero-order valence-corrected chi connectivity index (χ0v) is 14.9. The van der Waals surface area contributed by atoms with Gasteiger partial charge in [-0.2, -0.15) is 5.10 Å². The van der Waals surface area contributed by atoms with Gasteiger partial charge in [0.1, 0.15) is 5.82 Å². The topological polar surface area (TPSA) is 85.2 Å². The first-order valence-corrected chi connectivity index (χ1v) is 8.89. The molecule has 138 valence electrons. The summed E-state index contributed by atoms with van der Waals surface area (Å²) in [4.78, 5) is 24.4. The molecule has 26 heavy (non-hydrogen) atoms. The Balaban J connectivity index is 1.50. The van der Waals surface area contributed by atoms with E-state index in [1.54, 1.807) is 13.1 Å². The van der Waals surface area contributed by atoms with E-state index in [2.05, 4.69) is 15.7 Å². The van der Waals surface area contributed by atoms with Crippen LogP contribution in [0.2, 0.25) is 0 Å². The lowest BCUT2D eigenvalue weighted by Crippen LogP contribution is -2.32. The molecule has 2 amide bonds. The van der Waals surface area contributed by atoms with Crippen molar-refractivity contribution < 1.29 is 14.3 Å². The average Bonchev–Trinajstić information content (AvgIpc) is 3.29. The molecule has 0 aliphatic carbocycles. The minimum atomic E-state index is -0.263. The molecule has 1 aromatic carbocycles. The Morgan fingerprint density at radius 2 is 2.12 bits per heavy atom. The van der Waals surface area contributed by atoms with Gasteiger partial charge in [-0.15, -0.1) is 0 Å². The van der Waals surface area contributed by atoms with E-state index in [9.17, 15) is 9.59 Å². The molecule has 0 radical (unpaired) electrons. The van der Waals surface area contributed by atoms with Gasteiger partial charge in [0.15, 0.2) is 5.69 Å². The van der Waals surface area contributed by atoms with Gasteiger partial charge >= 0.3 is 0 Å². The van der Waals surface area contributed by atoms with Crippen LogP contribution in [-0.4, -0.2) is 40.9 Å². The Hall–Kier alpha value is -2.67. The van der Waals surface area contributed by atoms with Crippen LogP contribution in [0.1, 0.15) is 35.3 Å². The molecule has 2 aromatic rings. The van der Waals surface area contributed by atoms with Gasteiger partial charge in [-0.05, 0) is 24.8 Å². The van der Waals surface area contributed by atoms with Crippen LogP contribution in [0.4, 0.5) is 5.82 Å². The molecular formula is C19H24N4O3. The van der Waals surface area contributed by atoms with Gasteiger partial charge in [-0.1, -0.05) is 30.3 Å². The van der Waals surface area contributed by atoms with Gasteiger partial charge in [-0.25, -0.2) is 0 Å². The molecule has 7 nitrogen and oxygen atoms in total. The summed E-state index contributed by atoms with van der Waals surface area (Å²) in [5.41, 5.74) is 1.39. The lowest BCUT2D eigenvalue weighted by molar-refractivity contribution is -0.116. The summed E-state index contributed by atoms with van der Waals surface area (Å²) in [6.07, 6.45) is 3.11. The van der Waals surface area contributed by atoms with Crippen LogP contribution >= 0.6 is 0 Å². The predicted octanol–water partition coefficient (Wildman–Crippen LogP) is 1.90. The minimum absolute atomic E-state index is 0.0832. The van der Waals surface area contributed by atoms with Crippen LogP contribution in [0.5, 0.6) is 0 Å². The monoisotopic (exact) mass is 356 g/mol. The first kappa shape index (κ1) is 18.1. The summed E-state index contributed by atoms with van der Waals surface area (Å²) in [6.45, 7) is 1.23. The first-order valence-electron chi connectivity index (χ1n) is 8.89. The van der Waals surface area contributed by atoms with Gasteiger partial charge in [0.05, 0.1) is 6.10 Å². The zero-order chi connectivity index (χ0) is 18.4. The van der Waals surface area contributed by atoms with E-state index < -0.39 is 0 Å². The Labute approximate surface area is 152 Å². The van der Waals surface area contributed by atoms with Crippen molar-refractivity contribution in [2.45, 2.75) is 31.8 Å². The molecule has 1 aliphatic rings. The fraction of sp³-hybridized carbons (Fsp3) is 0.421. The molecule has 1 atom stereocenters. The van der Waals surface area contributed by atoms with E-state index in [1.807, 2.05) is 30.3 Å². The summed E-state index contributed by atoms with van der Waals surface area (Å²) in [6, 6.07) is 11.4. The fourth-order valence-corrected chi connectivity index (χ4v) is 2.91. The van der Waals surface area contributed by atoms with Crippen molar-refractivity contribution in [3.63, 3.8) is 0 Å². The lowest BCUT2D eigenvalue weighted by Gasteiger charge is -2.09. The third kappa shape index (κ3) is 4.92. The van der Waals surface area contributed by atoms with E-state index in [0.29, 0.717) is 25.2 Å². The van der Waals surface area contributed by atoms with Crippen molar-refractivity contribution in [1.82, 2.24) is 15.1 Å². The largest absolute Gasteiger partial charge is 0.376 e. The maximum atomic E-state index is 12.2. The van der Waals surface area contributed by atoms with Gasteiger partial charge < -0.3 is 15.4 Å². The molecule has 1 fully saturated rings. The maximum Gasteiger partial charge on any atom is 0.271 e. The molecule has 2 heterocycles. The highest BCUT2D eigenvalue weighted by molar-refractivity contribution is 5.95. The van der Waals surface area contributed by atoms with Crippen molar-refractivity contribution >= 4 is 17.6 Å². The Morgan fingerprint density at radius 3 is 2.85 bits per heavy atom. The standard InChI is InChI=1S/C19H24N4O3/c1-23-17(21-18(24)10-9-14-6-3-2-4-7-14)12-16(22-23)19(25)20-13-15-8-5-11-26-15/h2-4,6-7,12,15H,5,8-11,13H2,1H3,(H,20,25)(H,21,24). The molecule has 0 spiro atoms. The van der Waals surface area contributed by atoms with Crippen LogP contribution in [0, 0.1) is 0 Å². The van der Waals surface area contributed by atoms with Crippen LogP contribution in [-0.2, 0) is 23.0 Å². The van der Waals surface area contributed by atoms with E-state index >= 15 is 0 Å². The highest BCUT2D eigenvalue weighted by Crippen LogP contribution is 2.13. The van der Waals surface area contributed by atoms with Gasteiger partial charge in [-0.3, -0.25) is 14.3 Å². The molecule has 0 bridgehead atoms. The van der Waals surface area contributed by atoms with Crippen molar-refractivity contribution in [1.29, 1.82) is 0 Å². The van der Waals surface area contributed by atoms with E-state index in [-0.39, 0.29) is 23.6 Å². The molecule has 0 saturated carbocycles. The Kier molecular flexibility index (Phi) is 6.01. The number of benzene rings is 1. The number of aromatic nitrogens is 2. The number of hydrogen-bond acceptors (Lipinski definition) is 4. The quantitative estimate of drug-likeness (QED) is 0.793. The second-order valence-electron chi connectivity index (χ2n) is 6.42. The highest BCUT2D eigenvalue weighted by Gasteiger charge is 2.19. The number of aryl methyl sites for hydroxylation is 2. The smallest absolute Gasteiger partial charge is 0.271 e. The predicted molar refractivity (Wildman–Crippen MR) is 97.9 cm³/mol. The minimum Gasteiger partial charge on any atom is -0.376 e. The van der Waals surface area contributed by atoms with Gasteiger partial charge in [0.2, 0.25) is 5.91 Å². The Bertz CT molecular complexity index is 751. The number of carbonyl (C=O) groups excluding carboxylic acids is 2. The second-order valence-corrected chi connectivity index (χ2v) is 6.42. The molecular weight excluding hydrogens is 332 g/mol. The number of carbonyl (C=O) groups is 2. The average molecular weight is 356 g/mol. The first-order chi connectivity index (χ1) is 12.6. The summed E-state index contributed by atoms with van der Waals surface area (Å²) in [7, 11) is 1.70. The van der Waals surface area contributed by atoms with Crippen LogP contribution in [0.3, 0.4) is 0 Å². The van der Waals surface area contributed by atoms with E-state index in [1.165, 1.54) is 4.68 Å². The molecule has 1 saturated heterocycles. The van der Waals surface area contributed by atoms with Crippen LogP contribution in [0.15, 0.2) is 36.4 Å². The zero-order valence-electron chi connectivity index (χ0n) is 14.9.